The van der Waals surface area contributed by atoms with Crippen LogP contribution in [0.3, 0.4) is 0 Å². The Bertz CT molecular complexity index is 1390. The van der Waals surface area contributed by atoms with Gasteiger partial charge in [0.2, 0.25) is 0 Å². The maximum absolute atomic E-state index is 13.7. The third-order valence-corrected chi connectivity index (χ3v) is 5.12. The lowest BCUT2D eigenvalue weighted by Crippen LogP contribution is -2.23. The second-order valence-electron chi connectivity index (χ2n) is 7.26. The van der Waals surface area contributed by atoms with Crippen molar-refractivity contribution in [2.75, 3.05) is 0 Å². The van der Waals surface area contributed by atoms with Crippen LogP contribution < -0.4 is 16.4 Å². The number of aromatic amines is 1. The van der Waals surface area contributed by atoms with Crippen molar-refractivity contribution in [3.8, 4) is 11.1 Å². The molecular formula is C23H19FN4O4. The molecule has 0 unspecified atom stereocenters. The second-order valence-corrected chi connectivity index (χ2v) is 7.26. The summed E-state index contributed by atoms with van der Waals surface area (Å²) in [7, 11) is 1.59. The minimum Gasteiger partial charge on any atom is -0.347 e. The van der Waals surface area contributed by atoms with Crippen molar-refractivity contribution in [3.05, 3.63) is 93.8 Å². The van der Waals surface area contributed by atoms with Crippen molar-refractivity contribution in [3.63, 3.8) is 0 Å². The Kier molecular flexibility index (Phi) is 5.57. The van der Waals surface area contributed by atoms with E-state index in [2.05, 4.69) is 10.3 Å². The molecule has 0 saturated heterocycles. The van der Waals surface area contributed by atoms with Crippen LogP contribution in [0.15, 0.2) is 65.6 Å². The molecule has 2 amide bonds. The normalized spacial score (nSPS) is 10.8. The van der Waals surface area contributed by atoms with Gasteiger partial charge in [0.1, 0.15) is 17.0 Å². The quantitative estimate of drug-likeness (QED) is 0.285. The number of carbonyl (C=O) groups is 2. The van der Waals surface area contributed by atoms with Gasteiger partial charge in [-0.05, 0) is 41.5 Å². The average Bonchev–Trinajstić information content (AvgIpc) is 3.25. The highest BCUT2D eigenvalue weighted by Crippen LogP contribution is 2.28. The largest absolute Gasteiger partial charge is 0.347 e. The maximum atomic E-state index is 13.7. The number of hydrogen-bond acceptors (Lipinski definition) is 4. The number of hydrogen-bond donors (Lipinski definition) is 4. The molecule has 0 spiro atoms. The molecule has 4 rings (SSSR count). The van der Waals surface area contributed by atoms with Gasteiger partial charge in [-0.1, -0.05) is 24.3 Å². The number of hydroxylamine groups is 1. The molecule has 2 aromatic heterocycles. The summed E-state index contributed by atoms with van der Waals surface area (Å²) in [5.74, 6) is -1.46. The first-order chi connectivity index (χ1) is 15.4. The lowest BCUT2D eigenvalue weighted by Gasteiger charge is -2.06. The van der Waals surface area contributed by atoms with E-state index in [1.807, 2.05) is 0 Å². The Balaban J connectivity index is 1.61. The standard InChI is InChI=1S/C23H19FN4O4/c1-28-12-18(15-3-2-4-16(24)9-15)17-10-19(26-20(17)23(28)31)22(30)25-11-13-5-7-14(8-6-13)21(29)27-32/h2-10,12,26,32H,11H2,1H3,(H,25,30)(H,27,29). The van der Waals surface area contributed by atoms with E-state index in [4.69, 9.17) is 5.21 Å². The molecule has 0 aliphatic rings. The van der Waals surface area contributed by atoms with Crippen LogP contribution in [0.2, 0.25) is 0 Å². The molecule has 0 aliphatic heterocycles. The van der Waals surface area contributed by atoms with Crippen molar-refractivity contribution in [1.82, 2.24) is 20.3 Å². The summed E-state index contributed by atoms with van der Waals surface area (Å²) in [5, 5.41) is 11.9. The van der Waals surface area contributed by atoms with E-state index in [1.54, 1.807) is 49.1 Å². The minimum absolute atomic E-state index is 0.185. The molecule has 4 aromatic rings. The number of rotatable bonds is 5. The lowest BCUT2D eigenvalue weighted by molar-refractivity contribution is 0.0706. The van der Waals surface area contributed by atoms with Gasteiger partial charge in [-0.15, -0.1) is 0 Å². The fourth-order valence-corrected chi connectivity index (χ4v) is 3.46. The molecule has 0 atom stereocenters. The Hall–Kier alpha value is -4.24. The van der Waals surface area contributed by atoms with E-state index in [-0.39, 0.29) is 28.9 Å². The number of H-pyrrole nitrogens is 1. The molecule has 2 aromatic carbocycles. The number of benzene rings is 2. The molecule has 162 valence electrons. The number of nitrogens with zero attached hydrogens (tertiary/aromatic N) is 1. The van der Waals surface area contributed by atoms with Crippen LogP contribution in [0.5, 0.6) is 0 Å². The Morgan fingerprint density at radius 2 is 1.84 bits per heavy atom. The Morgan fingerprint density at radius 1 is 1.09 bits per heavy atom. The second kappa shape index (κ2) is 8.48. The smallest absolute Gasteiger partial charge is 0.274 e. The van der Waals surface area contributed by atoms with Gasteiger partial charge in [-0.3, -0.25) is 19.6 Å². The van der Waals surface area contributed by atoms with Gasteiger partial charge in [0.05, 0.1) is 0 Å². The van der Waals surface area contributed by atoms with Gasteiger partial charge >= 0.3 is 0 Å². The van der Waals surface area contributed by atoms with Crippen LogP contribution in [0.1, 0.15) is 26.4 Å². The zero-order chi connectivity index (χ0) is 22.8. The van der Waals surface area contributed by atoms with Crippen LogP contribution in [0.25, 0.3) is 22.0 Å². The van der Waals surface area contributed by atoms with Crippen molar-refractivity contribution < 1.29 is 19.2 Å². The van der Waals surface area contributed by atoms with E-state index in [9.17, 15) is 18.8 Å². The van der Waals surface area contributed by atoms with Crippen molar-refractivity contribution >= 4 is 22.7 Å². The lowest BCUT2D eigenvalue weighted by atomic mass is 10.0. The molecule has 32 heavy (non-hydrogen) atoms. The van der Waals surface area contributed by atoms with E-state index in [1.165, 1.54) is 28.8 Å². The SMILES string of the molecule is Cn1cc(-c2cccc(F)c2)c2cc(C(=O)NCc3ccc(C(=O)NO)cc3)[nH]c2c1=O. The van der Waals surface area contributed by atoms with E-state index >= 15 is 0 Å². The number of carbonyl (C=O) groups excluding carboxylic acids is 2. The fraction of sp³-hybridized carbons (Fsp3) is 0.0870. The van der Waals surface area contributed by atoms with Crippen molar-refractivity contribution in [2.24, 2.45) is 7.05 Å². The number of pyridine rings is 1. The first-order valence-corrected chi connectivity index (χ1v) is 9.67. The summed E-state index contributed by atoms with van der Waals surface area (Å²) >= 11 is 0. The number of halogens is 1. The summed E-state index contributed by atoms with van der Waals surface area (Å²) in [4.78, 5) is 39.5. The van der Waals surface area contributed by atoms with Crippen molar-refractivity contribution in [1.29, 1.82) is 0 Å². The molecule has 9 heteroatoms. The predicted molar refractivity (Wildman–Crippen MR) is 116 cm³/mol. The van der Waals surface area contributed by atoms with Crippen LogP contribution in [0.4, 0.5) is 4.39 Å². The third kappa shape index (κ3) is 4.01. The molecule has 0 fully saturated rings. The summed E-state index contributed by atoms with van der Waals surface area (Å²) in [5.41, 5.74) is 3.90. The first-order valence-electron chi connectivity index (χ1n) is 9.67. The summed E-state index contributed by atoms with van der Waals surface area (Å²) in [6.07, 6.45) is 1.61. The van der Waals surface area contributed by atoms with Crippen LogP contribution in [-0.4, -0.2) is 26.6 Å². The van der Waals surface area contributed by atoms with E-state index in [0.717, 1.165) is 5.56 Å². The Morgan fingerprint density at radius 3 is 2.53 bits per heavy atom. The highest BCUT2D eigenvalue weighted by Gasteiger charge is 2.16. The zero-order valence-corrected chi connectivity index (χ0v) is 17.0. The molecule has 0 radical (unpaired) electrons. The number of amides is 2. The summed E-state index contributed by atoms with van der Waals surface area (Å²) < 4.78 is 15.1. The van der Waals surface area contributed by atoms with Gasteiger partial charge in [-0.2, -0.15) is 0 Å². The molecule has 0 bridgehead atoms. The zero-order valence-electron chi connectivity index (χ0n) is 17.0. The summed E-state index contributed by atoms with van der Waals surface area (Å²) in [6, 6.07) is 13.9. The van der Waals surface area contributed by atoms with Gasteiger partial charge in [0.25, 0.3) is 17.4 Å². The number of aromatic nitrogens is 2. The molecule has 4 N–H and O–H groups in total. The monoisotopic (exact) mass is 434 g/mol. The highest BCUT2D eigenvalue weighted by molar-refractivity contribution is 6.02. The highest BCUT2D eigenvalue weighted by atomic mass is 19.1. The van der Waals surface area contributed by atoms with E-state index in [0.29, 0.717) is 16.5 Å². The van der Waals surface area contributed by atoms with Crippen LogP contribution in [0, 0.1) is 5.82 Å². The maximum Gasteiger partial charge on any atom is 0.274 e. The topological polar surface area (TPSA) is 116 Å². The van der Waals surface area contributed by atoms with Gasteiger partial charge in [-0.25, -0.2) is 9.87 Å². The molecule has 8 nitrogen and oxygen atoms in total. The first kappa shape index (κ1) is 21.0. The third-order valence-electron chi connectivity index (χ3n) is 5.12. The van der Waals surface area contributed by atoms with Gasteiger partial charge < -0.3 is 14.9 Å². The molecule has 2 heterocycles. The van der Waals surface area contributed by atoms with Crippen LogP contribution >= 0.6 is 0 Å². The van der Waals surface area contributed by atoms with Crippen LogP contribution in [-0.2, 0) is 13.6 Å². The minimum atomic E-state index is -0.630. The fourth-order valence-electron chi connectivity index (χ4n) is 3.46. The number of aryl methyl sites for hydroxylation is 1. The number of fused-ring (bicyclic) bond motifs is 1. The molecule has 0 saturated carbocycles. The number of nitrogens with one attached hydrogen (secondary N) is 3. The van der Waals surface area contributed by atoms with Gasteiger partial charge in [0, 0.05) is 36.3 Å². The van der Waals surface area contributed by atoms with E-state index < -0.39 is 17.6 Å². The summed E-state index contributed by atoms with van der Waals surface area (Å²) in [6.45, 7) is 0.185. The Labute approximate surface area is 181 Å². The molecule has 0 aliphatic carbocycles. The average molecular weight is 434 g/mol. The van der Waals surface area contributed by atoms with Gasteiger partial charge in [0.15, 0.2) is 0 Å². The van der Waals surface area contributed by atoms with Crippen molar-refractivity contribution in [2.45, 2.75) is 6.54 Å². The molecular weight excluding hydrogens is 415 g/mol. The predicted octanol–water partition coefficient (Wildman–Crippen LogP) is 2.72.